The summed E-state index contributed by atoms with van der Waals surface area (Å²) in [7, 11) is 0. The molecule has 1 aliphatic rings. The van der Waals surface area contributed by atoms with Gasteiger partial charge in [0, 0.05) is 6.54 Å². The van der Waals surface area contributed by atoms with E-state index < -0.39 is 0 Å². The number of carbonyl (C=O) groups is 1. The van der Waals surface area contributed by atoms with Gasteiger partial charge in [-0.3, -0.25) is 14.2 Å². The first kappa shape index (κ1) is 22.3. The molecule has 0 unspecified atom stereocenters. The molecule has 32 heavy (non-hydrogen) atoms. The number of nitrogens with one attached hydrogen (secondary N) is 1. The van der Waals surface area contributed by atoms with E-state index in [1.165, 1.54) is 30.2 Å². The van der Waals surface area contributed by atoms with Gasteiger partial charge in [0.15, 0.2) is 5.16 Å². The van der Waals surface area contributed by atoms with Crippen molar-refractivity contribution in [1.29, 1.82) is 0 Å². The van der Waals surface area contributed by atoms with E-state index in [1.54, 1.807) is 10.6 Å². The third kappa shape index (κ3) is 5.30. The quantitative estimate of drug-likeness (QED) is 0.311. The molecule has 0 atom stereocenters. The molecule has 5 nitrogen and oxygen atoms in total. The minimum Gasteiger partial charge on any atom is -0.355 e. The van der Waals surface area contributed by atoms with E-state index in [2.05, 4.69) is 17.5 Å². The Morgan fingerprint density at radius 3 is 2.66 bits per heavy atom. The lowest BCUT2D eigenvalue weighted by Gasteiger charge is -2.15. The maximum atomic E-state index is 13.4. The van der Waals surface area contributed by atoms with E-state index >= 15 is 0 Å². The molecule has 2 aromatic carbocycles. The number of fused-ring (bicyclic) bond motifs is 1. The molecule has 1 amide bonds. The molecule has 0 radical (unpaired) electrons. The fourth-order valence-electron chi connectivity index (χ4n) is 4.19. The number of aromatic nitrogens is 2. The molecule has 3 aromatic rings. The number of hydrogen-bond donors (Lipinski definition) is 1. The summed E-state index contributed by atoms with van der Waals surface area (Å²) in [6.07, 6.45) is 8.05. The van der Waals surface area contributed by atoms with Crippen molar-refractivity contribution in [1.82, 2.24) is 14.9 Å². The molecule has 6 heteroatoms. The number of thioether (sulfide) groups is 1. The van der Waals surface area contributed by atoms with Gasteiger partial charge in [0.2, 0.25) is 5.91 Å². The highest BCUT2D eigenvalue weighted by Gasteiger charge is 2.15. The highest BCUT2D eigenvalue weighted by atomic mass is 32.2. The van der Waals surface area contributed by atoms with Crippen molar-refractivity contribution in [3.63, 3.8) is 0 Å². The molecule has 0 spiro atoms. The van der Waals surface area contributed by atoms with Gasteiger partial charge in [-0.15, -0.1) is 0 Å². The Balaban J connectivity index is 1.55. The van der Waals surface area contributed by atoms with Crippen molar-refractivity contribution in [2.75, 3.05) is 12.3 Å². The Morgan fingerprint density at radius 1 is 1.12 bits per heavy atom. The van der Waals surface area contributed by atoms with Gasteiger partial charge in [0.05, 0.1) is 22.3 Å². The van der Waals surface area contributed by atoms with E-state index in [4.69, 9.17) is 4.98 Å². The average molecular weight is 448 g/mol. The number of benzene rings is 2. The standard InChI is InChI=1S/C26H29N3O2S/c1-18-14-19(2)16-21(15-18)29-25(31)22-10-6-7-11-23(22)28-26(29)32-17-24(30)27-13-12-20-8-4-3-5-9-20/h6-8,10-11,14-16H,3-5,9,12-13,17H2,1-2H3,(H,27,30). The summed E-state index contributed by atoms with van der Waals surface area (Å²) >= 11 is 1.30. The highest BCUT2D eigenvalue weighted by Crippen LogP contribution is 2.23. The van der Waals surface area contributed by atoms with E-state index in [0.717, 1.165) is 36.1 Å². The van der Waals surface area contributed by atoms with Crippen LogP contribution >= 0.6 is 11.8 Å². The van der Waals surface area contributed by atoms with Crippen molar-refractivity contribution < 1.29 is 4.79 Å². The second kappa shape index (κ2) is 10.2. The summed E-state index contributed by atoms with van der Waals surface area (Å²) in [5, 5.41) is 4.12. The number of amides is 1. The summed E-state index contributed by atoms with van der Waals surface area (Å²) in [5.74, 6) is 0.176. The van der Waals surface area contributed by atoms with Crippen molar-refractivity contribution in [2.45, 2.75) is 51.1 Å². The van der Waals surface area contributed by atoms with Crippen LogP contribution in [0.1, 0.15) is 43.2 Å². The molecule has 0 fully saturated rings. The second-order valence-electron chi connectivity index (χ2n) is 8.39. The first-order chi connectivity index (χ1) is 15.5. The Kier molecular flexibility index (Phi) is 7.10. The molecule has 1 aliphatic carbocycles. The smallest absolute Gasteiger partial charge is 0.266 e. The van der Waals surface area contributed by atoms with E-state index in [9.17, 15) is 9.59 Å². The number of nitrogens with zero attached hydrogens (tertiary/aromatic N) is 2. The monoisotopic (exact) mass is 447 g/mol. The minimum absolute atomic E-state index is 0.0409. The number of hydrogen-bond acceptors (Lipinski definition) is 4. The van der Waals surface area contributed by atoms with Gasteiger partial charge < -0.3 is 5.32 Å². The molecular weight excluding hydrogens is 418 g/mol. The van der Waals surface area contributed by atoms with Crippen molar-refractivity contribution in [3.8, 4) is 5.69 Å². The SMILES string of the molecule is Cc1cc(C)cc(-n2c(SCC(=O)NCCC3=CCCCC3)nc3ccccc3c2=O)c1. The maximum absolute atomic E-state index is 13.4. The average Bonchev–Trinajstić information content (AvgIpc) is 2.78. The predicted octanol–water partition coefficient (Wildman–Crippen LogP) is 5.10. The summed E-state index contributed by atoms with van der Waals surface area (Å²) in [5.41, 5.74) is 4.90. The summed E-state index contributed by atoms with van der Waals surface area (Å²) in [4.78, 5) is 30.6. The van der Waals surface area contributed by atoms with E-state index in [0.29, 0.717) is 22.6 Å². The Bertz CT molecular complexity index is 1210. The Morgan fingerprint density at radius 2 is 1.91 bits per heavy atom. The van der Waals surface area contributed by atoms with Crippen LogP contribution in [0.25, 0.3) is 16.6 Å². The Hall–Kier alpha value is -2.86. The zero-order chi connectivity index (χ0) is 22.5. The molecule has 0 saturated carbocycles. The Labute approximate surface area is 192 Å². The normalized spacial score (nSPS) is 13.8. The number of carbonyl (C=O) groups excluding carboxylic acids is 1. The lowest BCUT2D eigenvalue weighted by atomic mass is 9.97. The highest BCUT2D eigenvalue weighted by molar-refractivity contribution is 7.99. The van der Waals surface area contributed by atoms with E-state index in [-0.39, 0.29) is 17.2 Å². The van der Waals surface area contributed by atoms with Crippen LogP contribution < -0.4 is 10.9 Å². The van der Waals surface area contributed by atoms with Crippen LogP contribution in [0.15, 0.2) is 64.1 Å². The second-order valence-corrected chi connectivity index (χ2v) is 9.34. The van der Waals surface area contributed by atoms with Crippen LogP contribution in [0.3, 0.4) is 0 Å². The van der Waals surface area contributed by atoms with Crippen LogP contribution in [-0.4, -0.2) is 27.8 Å². The number of allylic oxidation sites excluding steroid dienone is 1. The molecule has 166 valence electrons. The fraction of sp³-hybridized carbons (Fsp3) is 0.346. The van der Waals surface area contributed by atoms with Crippen LogP contribution in [0, 0.1) is 13.8 Å². The molecule has 0 bridgehead atoms. The van der Waals surface area contributed by atoms with Gasteiger partial charge in [-0.2, -0.15) is 0 Å². The lowest BCUT2D eigenvalue weighted by Crippen LogP contribution is -2.27. The zero-order valence-electron chi connectivity index (χ0n) is 18.7. The summed E-state index contributed by atoms with van der Waals surface area (Å²) in [6, 6.07) is 13.4. The largest absolute Gasteiger partial charge is 0.355 e. The molecule has 1 aromatic heterocycles. The van der Waals surface area contributed by atoms with Crippen molar-refractivity contribution >= 4 is 28.6 Å². The molecule has 1 heterocycles. The fourth-order valence-corrected chi connectivity index (χ4v) is 5.03. The number of para-hydroxylation sites is 1. The van der Waals surface area contributed by atoms with Gasteiger partial charge in [0.1, 0.15) is 0 Å². The molecule has 1 N–H and O–H groups in total. The molecule has 4 rings (SSSR count). The van der Waals surface area contributed by atoms with Crippen LogP contribution in [-0.2, 0) is 4.79 Å². The van der Waals surface area contributed by atoms with Gasteiger partial charge in [-0.25, -0.2) is 4.98 Å². The third-order valence-corrected chi connectivity index (χ3v) is 6.63. The third-order valence-electron chi connectivity index (χ3n) is 5.70. The maximum Gasteiger partial charge on any atom is 0.266 e. The first-order valence-corrected chi connectivity index (χ1v) is 12.2. The van der Waals surface area contributed by atoms with Crippen molar-refractivity contribution in [3.05, 3.63) is 75.6 Å². The van der Waals surface area contributed by atoms with Gasteiger partial charge in [-0.05, 0) is 81.3 Å². The topological polar surface area (TPSA) is 64.0 Å². The predicted molar refractivity (Wildman–Crippen MR) is 132 cm³/mol. The number of aryl methyl sites for hydroxylation is 2. The molecule has 0 saturated heterocycles. The molecular formula is C26H29N3O2S. The van der Waals surface area contributed by atoms with Gasteiger partial charge >= 0.3 is 0 Å². The zero-order valence-corrected chi connectivity index (χ0v) is 19.5. The van der Waals surface area contributed by atoms with Crippen LogP contribution in [0.2, 0.25) is 0 Å². The molecule has 0 aliphatic heterocycles. The van der Waals surface area contributed by atoms with Crippen molar-refractivity contribution in [2.24, 2.45) is 0 Å². The summed E-state index contributed by atoms with van der Waals surface area (Å²) in [6.45, 7) is 4.68. The summed E-state index contributed by atoms with van der Waals surface area (Å²) < 4.78 is 1.63. The van der Waals surface area contributed by atoms with E-state index in [1.807, 2.05) is 44.2 Å². The first-order valence-electron chi connectivity index (χ1n) is 11.2. The van der Waals surface area contributed by atoms with Crippen LogP contribution in [0.4, 0.5) is 0 Å². The van der Waals surface area contributed by atoms with Crippen LogP contribution in [0.5, 0.6) is 0 Å². The lowest BCUT2D eigenvalue weighted by molar-refractivity contribution is -0.118. The van der Waals surface area contributed by atoms with Gasteiger partial charge in [0.25, 0.3) is 5.56 Å². The van der Waals surface area contributed by atoms with Gasteiger partial charge in [-0.1, -0.05) is 41.6 Å². The minimum atomic E-state index is -0.118. The number of rotatable bonds is 7.